The second-order valence-electron chi connectivity index (χ2n) is 4.29. The van der Waals surface area contributed by atoms with Crippen molar-refractivity contribution >= 4 is 11.0 Å². The summed E-state index contributed by atoms with van der Waals surface area (Å²) >= 11 is 0. The zero-order valence-electron chi connectivity index (χ0n) is 11.1. The van der Waals surface area contributed by atoms with E-state index in [0.717, 1.165) is 11.0 Å². The Morgan fingerprint density at radius 1 is 1.05 bits per heavy atom. The first-order valence-corrected chi connectivity index (χ1v) is 6.09. The minimum Gasteiger partial charge on any atom is -0.493 e. The Bertz CT molecular complexity index is 735. The highest BCUT2D eigenvalue weighted by molar-refractivity contribution is 5.79. The summed E-state index contributed by atoms with van der Waals surface area (Å²) in [5.41, 5.74) is 1.99. The molecule has 3 aromatic rings. The Labute approximate surface area is 115 Å². The fraction of sp³-hybridized carbons (Fsp3) is 0.133. The van der Waals surface area contributed by atoms with Gasteiger partial charge in [-0.3, -0.25) is 0 Å². The number of imidazole rings is 1. The maximum atomic E-state index is 14.2. The molecular formula is C15H13FN2O2. The van der Waals surface area contributed by atoms with E-state index in [1.165, 1.54) is 20.3 Å². The van der Waals surface area contributed by atoms with Crippen LogP contribution in [0.2, 0.25) is 0 Å². The molecule has 0 aliphatic rings. The topological polar surface area (TPSA) is 47.1 Å². The molecule has 0 spiro atoms. The van der Waals surface area contributed by atoms with Crippen LogP contribution in [0.15, 0.2) is 36.4 Å². The van der Waals surface area contributed by atoms with Crippen LogP contribution in [-0.4, -0.2) is 24.2 Å². The Morgan fingerprint density at radius 2 is 1.75 bits per heavy atom. The molecule has 0 aliphatic heterocycles. The normalized spacial score (nSPS) is 10.8. The molecule has 0 atom stereocenters. The summed E-state index contributed by atoms with van der Waals surface area (Å²) in [4.78, 5) is 7.48. The Morgan fingerprint density at radius 3 is 2.45 bits per heavy atom. The number of H-pyrrole nitrogens is 1. The van der Waals surface area contributed by atoms with Crippen molar-refractivity contribution in [3.63, 3.8) is 0 Å². The Balaban J connectivity index is 2.18. The number of hydrogen-bond acceptors (Lipinski definition) is 3. The molecule has 1 N–H and O–H groups in total. The van der Waals surface area contributed by atoms with Gasteiger partial charge in [-0.05, 0) is 18.2 Å². The molecule has 0 aliphatic carbocycles. The van der Waals surface area contributed by atoms with Crippen LogP contribution < -0.4 is 9.47 Å². The average Bonchev–Trinajstić information content (AvgIpc) is 2.90. The highest BCUT2D eigenvalue weighted by atomic mass is 19.1. The summed E-state index contributed by atoms with van der Waals surface area (Å²) in [6.45, 7) is 0. The smallest absolute Gasteiger partial charge is 0.163 e. The molecule has 4 nitrogen and oxygen atoms in total. The molecular weight excluding hydrogens is 259 g/mol. The number of aromatic nitrogens is 2. The van der Waals surface area contributed by atoms with Gasteiger partial charge in [0.1, 0.15) is 11.6 Å². The number of fused-ring (bicyclic) bond motifs is 1. The summed E-state index contributed by atoms with van der Waals surface area (Å²) in [7, 11) is 2.98. The van der Waals surface area contributed by atoms with E-state index in [1.807, 2.05) is 24.3 Å². The maximum Gasteiger partial charge on any atom is 0.163 e. The van der Waals surface area contributed by atoms with Crippen LogP contribution in [0.5, 0.6) is 11.5 Å². The highest BCUT2D eigenvalue weighted by Crippen LogP contribution is 2.34. The Hall–Kier alpha value is -2.56. The lowest BCUT2D eigenvalue weighted by Gasteiger charge is -2.09. The fourth-order valence-electron chi connectivity index (χ4n) is 2.12. The number of rotatable bonds is 3. The third-order valence-electron chi connectivity index (χ3n) is 3.12. The monoisotopic (exact) mass is 272 g/mol. The van der Waals surface area contributed by atoms with Gasteiger partial charge in [-0.15, -0.1) is 0 Å². The van der Waals surface area contributed by atoms with Crippen LogP contribution in [0, 0.1) is 5.82 Å². The second-order valence-corrected chi connectivity index (χ2v) is 4.29. The SMILES string of the molecule is COc1cc(F)c(-c2nc3ccccc3[nH]2)cc1OC. The van der Waals surface area contributed by atoms with E-state index in [2.05, 4.69) is 9.97 Å². The summed E-state index contributed by atoms with van der Waals surface area (Å²) in [5, 5.41) is 0. The van der Waals surface area contributed by atoms with Crippen molar-refractivity contribution in [3.8, 4) is 22.9 Å². The number of nitrogens with one attached hydrogen (secondary N) is 1. The Kier molecular flexibility index (Phi) is 3.02. The van der Waals surface area contributed by atoms with Crippen molar-refractivity contribution in [3.05, 3.63) is 42.2 Å². The first-order chi connectivity index (χ1) is 9.72. The van der Waals surface area contributed by atoms with E-state index in [4.69, 9.17) is 9.47 Å². The van der Waals surface area contributed by atoms with Gasteiger partial charge < -0.3 is 14.5 Å². The number of hydrogen-bond donors (Lipinski definition) is 1. The van der Waals surface area contributed by atoms with E-state index in [1.54, 1.807) is 6.07 Å². The second kappa shape index (κ2) is 4.85. The first kappa shape index (κ1) is 12.5. The molecule has 5 heteroatoms. The summed E-state index contributed by atoms with van der Waals surface area (Å²) in [5.74, 6) is 0.862. The number of benzene rings is 2. The van der Waals surface area contributed by atoms with Gasteiger partial charge in [0.2, 0.25) is 0 Å². The van der Waals surface area contributed by atoms with Crippen molar-refractivity contribution in [1.82, 2.24) is 9.97 Å². The zero-order chi connectivity index (χ0) is 14.1. The van der Waals surface area contributed by atoms with Gasteiger partial charge in [0, 0.05) is 6.07 Å². The molecule has 2 aromatic carbocycles. The number of para-hydroxylation sites is 2. The number of aromatic amines is 1. The molecule has 1 heterocycles. The standard InChI is InChI=1S/C15H13FN2O2/c1-19-13-7-9(10(16)8-14(13)20-2)15-17-11-5-3-4-6-12(11)18-15/h3-8H,1-2H3,(H,17,18). The lowest BCUT2D eigenvalue weighted by molar-refractivity contribution is 0.352. The minimum atomic E-state index is -0.415. The number of halogens is 1. The third kappa shape index (κ3) is 1.97. The van der Waals surface area contributed by atoms with Crippen LogP contribution >= 0.6 is 0 Å². The van der Waals surface area contributed by atoms with Gasteiger partial charge in [0.15, 0.2) is 11.5 Å². The maximum absolute atomic E-state index is 14.2. The van der Waals surface area contributed by atoms with Crippen molar-refractivity contribution < 1.29 is 13.9 Å². The van der Waals surface area contributed by atoms with E-state index >= 15 is 0 Å². The third-order valence-corrected chi connectivity index (χ3v) is 3.12. The van der Waals surface area contributed by atoms with Gasteiger partial charge in [-0.2, -0.15) is 0 Å². The van der Waals surface area contributed by atoms with Gasteiger partial charge in [0.05, 0.1) is 30.8 Å². The van der Waals surface area contributed by atoms with Crippen molar-refractivity contribution in [2.24, 2.45) is 0 Å². The van der Waals surface area contributed by atoms with Crippen molar-refractivity contribution in [2.75, 3.05) is 14.2 Å². The van der Waals surface area contributed by atoms with Gasteiger partial charge in [0.25, 0.3) is 0 Å². The van der Waals surface area contributed by atoms with Gasteiger partial charge in [-0.25, -0.2) is 9.37 Å². The predicted molar refractivity (Wildman–Crippen MR) is 74.6 cm³/mol. The average molecular weight is 272 g/mol. The number of ether oxygens (including phenoxy) is 2. The molecule has 0 amide bonds. The molecule has 0 unspecified atom stereocenters. The summed E-state index contributed by atoms with van der Waals surface area (Å²) in [6.07, 6.45) is 0. The van der Waals surface area contributed by atoms with E-state index in [9.17, 15) is 4.39 Å². The molecule has 0 saturated carbocycles. The molecule has 0 bridgehead atoms. The molecule has 1 aromatic heterocycles. The number of methoxy groups -OCH3 is 2. The molecule has 0 radical (unpaired) electrons. The van der Waals surface area contributed by atoms with E-state index < -0.39 is 5.82 Å². The van der Waals surface area contributed by atoms with Crippen LogP contribution in [0.25, 0.3) is 22.4 Å². The minimum absolute atomic E-state index is 0.346. The van der Waals surface area contributed by atoms with Crippen LogP contribution in [0.3, 0.4) is 0 Å². The first-order valence-electron chi connectivity index (χ1n) is 6.09. The lowest BCUT2D eigenvalue weighted by atomic mass is 10.1. The quantitative estimate of drug-likeness (QED) is 0.795. The van der Waals surface area contributed by atoms with Gasteiger partial charge in [-0.1, -0.05) is 12.1 Å². The van der Waals surface area contributed by atoms with Gasteiger partial charge >= 0.3 is 0 Å². The number of nitrogens with zero attached hydrogens (tertiary/aromatic N) is 1. The molecule has 0 fully saturated rings. The lowest BCUT2D eigenvalue weighted by Crippen LogP contribution is -1.94. The molecule has 3 rings (SSSR count). The zero-order valence-corrected chi connectivity index (χ0v) is 11.1. The summed E-state index contributed by atoms with van der Waals surface area (Å²) in [6, 6.07) is 10.4. The predicted octanol–water partition coefficient (Wildman–Crippen LogP) is 3.39. The van der Waals surface area contributed by atoms with Crippen molar-refractivity contribution in [2.45, 2.75) is 0 Å². The van der Waals surface area contributed by atoms with Crippen LogP contribution in [0.4, 0.5) is 4.39 Å². The highest BCUT2D eigenvalue weighted by Gasteiger charge is 2.15. The largest absolute Gasteiger partial charge is 0.493 e. The van der Waals surface area contributed by atoms with Crippen LogP contribution in [-0.2, 0) is 0 Å². The van der Waals surface area contributed by atoms with E-state index in [0.29, 0.717) is 22.9 Å². The fourth-order valence-corrected chi connectivity index (χ4v) is 2.12. The molecule has 102 valence electrons. The molecule has 0 saturated heterocycles. The summed E-state index contributed by atoms with van der Waals surface area (Å²) < 4.78 is 24.4. The molecule has 20 heavy (non-hydrogen) atoms. The van der Waals surface area contributed by atoms with Crippen molar-refractivity contribution in [1.29, 1.82) is 0 Å². The van der Waals surface area contributed by atoms with E-state index in [-0.39, 0.29) is 0 Å². The van der Waals surface area contributed by atoms with Crippen LogP contribution in [0.1, 0.15) is 0 Å².